The van der Waals surface area contributed by atoms with Crippen molar-refractivity contribution in [3.63, 3.8) is 0 Å². The van der Waals surface area contributed by atoms with E-state index < -0.39 is 23.3 Å². The normalized spacial score (nSPS) is 11.8. The van der Waals surface area contributed by atoms with Crippen LogP contribution in [0.2, 0.25) is 5.02 Å². The molecule has 0 unspecified atom stereocenters. The number of alkyl halides is 3. The van der Waals surface area contributed by atoms with Crippen molar-refractivity contribution < 1.29 is 23.1 Å². The Hall–Kier alpha value is -2.37. The van der Waals surface area contributed by atoms with Crippen LogP contribution < -0.4 is 5.43 Å². The lowest BCUT2D eigenvalue weighted by Gasteiger charge is -2.12. The van der Waals surface area contributed by atoms with Crippen LogP contribution >= 0.6 is 43.5 Å². The summed E-state index contributed by atoms with van der Waals surface area (Å²) in [6.45, 7) is 0. The molecule has 1 heterocycles. The molecule has 1 amide bonds. The summed E-state index contributed by atoms with van der Waals surface area (Å²) < 4.78 is 42.5. The highest BCUT2D eigenvalue weighted by Crippen LogP contribution is 2.34. The van der Waals surface area contributed by atoms with Crippen LogP contribution in [0.1, 0.15) is 21.6 Å². The van der Waals surface area contributed by atoms with E-state index in [0.717, 1.165) is 12.4 Å². The van der Waals surface area contributed by atoms with Crippen LogP contribution in [0, 0.1) is 0 Å². The third-order valence-electron chi connectivity index (χ3n) is 3.78. The molecule has 0 spiro atoms. The van der Waals surface area contributed by atoms with Crippen LogP contribution in [0.25, 0.3) is 5.69 Å². The Labute approximate surface area is 189 Å². The van der Waals surface area contributed by atoms with Gasteiger partial charge >= 0.3 is 6.18 Å². The molecule has 0 fully saturated rings. The minimum absolute atomic E-state index is 0.0817. The molecule has 0 aliphatic carbocycles. The third-order valence-corrected chi connectivity index (χ3v) is 5.10. The number of halogens is 6. The van der Waals surface area contributed by atoms with Crippen LogP contribution in [-0.4, -0.2) is 27.0 Å². The SMILES string of the molecule is O=C(NN=Cc1cc(Br)cc(Br)c1O)c1cnn(-c2ccc(Cl)cc2)c1C(F)(F)F. The summed E-state index contributed by atoms with van der Waals surface area (Å²) in [7, 11) is 0. The van der Waals surface area contributed by atoms with Gasteiger partial charge in [-0.15, -0.1) is 0 Å². The van der Waals surface area contributed by atoms with Crippen molar-refractivity contribution >= 4 is 55.6 Å². The first-order chi connectivity index (χ1) is 14.1. The van der Waals surface area contributed by atoms with Gasteiger partial charge in [0.15, 0.2) is 5.69 Å². The lowest BCUT2D eigenvalue weighted by molar-refractivity contribution is -0.143. The Bertz CT molecular complexity index is 1130. The van der Waals surface area contributed by atoms with Gasteiger partial charge < -0.3 is 5.11 Å². The van der Waals surface area contributed by atoms with Gasteiger partial charge in [-0.1, -0.05) is 27.5 Å². The van der Waals surface area contributed by atoms with Crippen molar-refractivity contribution in [2.24, 2.45) is 5.10 Å². The number of hydrogen-bond acceptors (Lipinski definition) is 4. The van der Waals surface area contributed by atoms with Gasteiger partial charge in [-0.3, -0.25) is 4.79 Å². The molecule has 0 atom stereocenters. The number of phenols is 1. The highest BCUT2D eigenvalue weighted by Gasteiger charge is 2.40. The van der Waals surface area contributed by atoms with E-state index in [2.05, 4.69) is 42.1 Å². The number of rotatable bonds is 4. The Morgan fingerprint density at radius 3 is 2.53 bits per heavy atom. The van der Waals surface area contributed by atoms with E-state index in [1.54, 1.807) is 6.07 Å². The number of nitrogens with one attached hydrogen (secondary N) is 1. The van der Waals surface area contributed by atoms with Gasteiger partial charge in [0.25, 0.3) is 5.91 Å². The fraction of sp³-hybridized carbons (Fsp3) is 0.0556. The topological polar surface area (TPSA) is 79.5 Å². The summed E-state index contributed by atoms with van der Waals surface area (Å²) >= 11 is 12.1. The monoisotopic (exact) mass is 564 g/mol. The second-order valence-corrected chi connectivity index (χ2v) is 8.02. The first-order valence-corrected chi connectivity index (χ1v) is 9.97. The minimum atomic E-state index is -4.86. The number of hydrogen-bond donors (Lipinski definition) is 2. The fourth-order valence-electron chi connectivity index (χ4n) is 2.47. The van der Waals surface area contributed by atoms with Gasteiger partial charge in [0, 0.05) is 15.1 Å². The predicted octanol–water partition coefficient (Wildman–Crippen LogP) is 5.54. The zero-order valence-electron chi connectivity index (χ0n) is 14.6. The van der Waals surface area contributed by atoms with E-state index in [4.69, 9.17) is 11.6 Å². The molecule has 3 rings (SSSR count). The van der Waals surface area contributed by atoms with E-state index >= 15 is 0 Å². The van der Waals surface area contributed by atoms with Crippen molar-refractivity contribution in [2.75, 3.05) is 0 Å². The summed E-state index contributed by atoms with van der Waals surface area (Å²) in [5.74, 6) is -1.27. The van der Waals surface area contributed by atoms with E-state index in [9.17, 15) is 23.1 Å². The molecule has 1 aromatic heterocycles. The number of hydrazone groups is 1. The quantitative estimate of drug-likeness (QED) is 0.322. The highest BCUT2D eigenvalue weighted by molar-refractivity contribution is 9.11. The average molecular weight is 567 g/mol. The number of aromatic nitrogens is 2. The third kappa shape index (κ3) is 4.85. The number of aromatic hydroxyl groups is 1. The van der Waals surface area contributed by atoms with Gasteiger partial charge in [-0.25, -0.2) is 10.1 Å². The Kier molecular flexibility index (Phi) is 6.53. The molecule has 12 heteroatoms. The summed E-state index contributed by atoms with van der Waals surface area (Å²) in [5, 5.41) is 17.6. The fourth-order valence-corrected chi connectivity index (χ4v) is 3.85. The second-order valence-electron chi connectivity index (χ2n) is 5.82. The molecule has 2 aromatic carbocycles. The maximum Gasteiger partial charge on any atom is 0.434 e. The molecule has 0 saturated heterocycles. The number of carbonyl (C=O) groups excluding carboxylic acids is 1. The van der Waals surface area contributed by atoms with Crippen LogP contribution in [0.4, 0.5) is 13.2 Å². The molecule has 2 N–H and O–H groups in total. The maximum absolute atomic E-state index is 13.6. The number of carbonyl (C=O) groups is 1. The van der Waals surface area contributed by atoms with Crippen molar-refractivity contribution in [2.45, 2.75) is 6.18 Å². The van der Waals surface area contributed by atoms with Gasteiger partial charge in [0.2, 0.25) is 0 Å². The number of amides is 1. The number of benzene rings is 2. The van der Waals surface area contributed by atoms with E-state index in [0.29, 0.717) is 18.6 Å². The van der Waals surface area contributed by atoms with E-state index in [-0.39, 0.29) is 17.0 Å². The summed E-state index contributed by atoms with van der Waals surface area (Å²) in [6, 6.07) is 8.61. The molecule has 0 aliphatic rings. The standard InChI is InChI=1S/C18H10Br2ClF3N4O2/c19-10-5-9(15(29)14(20)6-10)7-25-27-17(30)13-8-26-28(16(13)18(22,23)24)12-3-1-11(21)2-4-12/h1-8,29H,(H,27,30). The highest BCUT2D eigenvalue weighted by atomic mass is 79.9. The minimum Gasteiger partial charge on any atom is -0.506 e. The smallest absolute Gasteiger partial charge is 0.434 e. The van der Waals surface area contributed by atoms with Crippen molar-refractivity contribution in [3.05, 3.63) is 73.4 Å². The molecule has 30 heavy (non-hydrogen) atoms. The number of nitrogens with zero attached hydrogens (tertiary/aromatic N) is 3. The summed E-state index contributed by atoms with van der Waals surface area (Å²) in [5.41, 5.74) is 0.350. The maximum atomic E-state index is 13.6. The zero-order chi connectivity index (χ0) is 22.1. The Morgan fingerprint density at radius 1 is 1.23 bits per heavy atom. The molecule has 0 aliphatic heterocycles. The average Bonchev–Trinajstić information content (AvgIpc) is 3.12. The van der Waals surface area contributed by atoms with Crippen molar-refractivity contribution in [1.82, 2.24) is 15.2 Å². The van der Waals surface area contributed by atoms with Crippen LogP contribution in [0.15, 0.2) is 56.6 Å². The largest absolute Gasteiger partial charge is 0.506 e. The zero-order valence-corrected chi connectivity index (χ0v) is 18.5. The number of phenolic OH excluding ortho intramolecular Hbond substituents is 1. The lowest BCUT2D eigenvalue weighted by Crippen LogP contribution is -2.23. The lowest BCUT2D eigenvalue weighted by atomic mass is 10.2. The molecule has 0 saturated carbocycles. The van der Waals surface area contributed by atoms with Gasteiger partial charge in [0.05, 0.1) is 28.1 Å². The van der Waals surface area contributed by atoms with Gasteiger partial charge in [-0.05, 0) is 52.3 Å². The Morgan fingerprint density at radius 2 is 1.90 bits per heavy atom. The van der Waals surface area contributed by atoms with Gasteiger partial charge in [0.1, 0.15) is 5.75 Å². The van der Waals surface area contributed by atoms with Crippen LogP contribution in [0.5, 0.6) is 5.75 Å². The van der Waals surface area contributed by atoms with Crippen LogP contribution in [0.3, 0.4) is 0 Å². The van der Waals surface area contributed by atoms with E-state index in [1.165, 1.54) is 30.3 Å². The molecule has 156 valence electrons. The van der Waals surface area contributed by atoms with E-state index in [1.807, 2.05) is 5.43 Å². The van der Waals surface area contributed by atoms with Gasteiger partial charge in [-0.2, -0.15) is 23.4 Å². The first-order valence-electron chi connectivity index (χ1n) is 8.00. The van der Waals surface area contributed by atoms with Crippen molar-refractivity contribution in [3.8, 4) is 11.4 Å². The summed E-state index contributed by atoms with van der Waals surface area (Å²) in [6.07, 6.45) is -2.96. The molecular formula is C18H10Br2ClF3N4O2. The first kappa shape index (κ1) is 22.3. The molecule has 0 bridgehead atoms. The molecular weight excluding hydrogens is 556 g/mol. The molecule has 3 aromatic rings. The second kappa shape index (κ2) is 8.78. The van der Waals surface area contributed by atoms with Crippen molar-refractivity contribution in [1.29, 1.82) is 0 Å². The molecule has 6 nitrogen and oxygen atoms in total. The molecule has 0 radical (unpaired) electrons. The Balaban J connectivity index is 1.90. The summed E-state index contributed by atoms with van der Waals surface area (Å²) in [4.78, 5) is 12.3. The van der Waals surface area contributed by atoms with Crippen LogP contribution in [-0.2, 0) is 6.18 Å². The predicted molar refractivity (Wildman–Crippen MR) is 112 cm³/mol.